The summed E-state index contributed by atoms with van der Waals surface area (Å²) in [5, 5.41) is 3.88. The van der Waals surface area contributed by atoms with Gasteiger partial charge in [-0.15, -0.1) is 11.3 Å². The van der Waals surface area contributed by atoms with E-state index < -0.39 is 10.0 Å². The minimum absolute atomic E-state index is 0.252. The summed E-state index contributed by atoms with van der Waals surface area (Å²) in [5.41, 5.74) is 2.82. The Morgan fingerprint density at radius 2 is 1.83 bits per heavy atom. The van der Waals surface area contributed by atoms with E-state index in [0.29, 0.717) is 22.7 Å². The maximum Gasteiger partial charge on any atom is 0.263 e. The third-order valence-electron chi connectivity index (χ3n) is 3.62. The highest BCUT2D eigenvalue weighted by Gasteiger charge is 2.28. The predicted octanol–water partition coefficient (Wildman–Crippen LogP) is 4.44. The number of nitrogens with one attached hydrogen (secondary N) is 1. The highest BCUT2D eigenvalue weighted by molar-refractivity contribution is 7.93. The number of nitrogens with zero attached hydrogens (tertiary/aromatic N) is 1. The summed E-state index contributed by atoms with van der Waals surface area (Å²) < 4.78 is 33.9. The summed E-state index contributed by atoms with van der Waals surface area (Å²) in [6.45, 7) is 7.41. The molecular weight excluding hydrogens is 344 g/mol. The fourth-order valence-electron chi connectivity index (χ4n) is 2.67. The van der Waals surface area contributed by atoms with Gasteiger partial charge in [-0.05, 0) is 45.4 Å². The van der Waals surface area contributed by atoms with Gasteiger partial charge in [-0.1, -0.05) is 17.3 Å². The molecule has 0 atom stereocenters. The van der Waals surface area contributed by atoms with Crippen molar-refractivity contribution in [1.29, 1.82) is 0 Å². The van der Waals surface area contributed by atoms with Gasteiger partial charge in [0.25, 0.3) is 10.0 Å². The van der Waals surface area contributed by atoms with Gasteiger partial charge in [-0.2, -0.15) is 0 Å². The zero-order valence-corrected chi connectivity index (χ0v) is 15.5. The first kappa shape index (κ1) is 16.7. The average molecular weight is 362 g/mol. The zero-order chi connectivity index (χ0) is 17.5. The summed E-state index contributed by atoms with van der Waals surface area (Å²) in [4.78, 5) is 1.85. The number of aromatic nitrogens is 1. The van der Waals surface area contributed by atoms with Crippen LogP contribution >= 0.6 is 11.3 Å². The third-order valence-corrected chi connectivity index (χ3v) is 6.32. The van der Waals surface area contributed by atoms with Crippen LogP contribution in [0.5, 0.6) is 0 Å². The zero-order valence-electron chi connectivity index (χ0n) is 13.9. The molecule has 3 rings (SSSR count). The van der Waals surface area contributed by atoms with Crippen LogP contribution in [-0.4, -0.2) is 13.6 Å². The van der Waals surface area contributed by atoms with E-state index in [0.717, 1.165) is 15.3 Å². The molecule has 0 saturated heterocycles. The minimum Gasteiger partial charge on any atom is -0.356 e. The van der Waals surface area contributed by atoms with Gasteiger partial charge in [0, 0.05) is 21.5 Å². The van der Waals surface area contributed by atoms with Crippen molar-refractivity contribution in [2.45, 2.75) is 32.6 Å². The molecule has 2 heterocycles. The number of thiophene rings is 1. The van der Waals surface area contributed by atoms with Crippen LogP contribution in [0.25, 0.3) is 11.3 Å². The standard InChI is InChI=1S/C17H18N2O3S2/c1-10-6-5-7-14(8-10)19-24(20,21)17-13(4)23-12(3)16(17)15-9-11(2)18-22-15/h5-9,19H,1-4H3. The van der Waals surface area contributed by atoms with E-state index in [2.05, 4.69) is 9.88 Å². The molecular formula is C17H18N2O3S2. The minimum atomic E-state index is -3.74. The maximum atomic E-state index is 13.0. The average Bonchev–Trinajstić information content (AvgIpc) is 3.01. The number of hydrogen-bond donors (Lipinski definition) is 1. The van der Waals surface area contributed by atoms with Crippen molar-refractivity contribution in [2.24, 2.45) is 0 Å². The number of sulfonamides is 1. The van der Waals surface area contributed by atoms with E-state index >= 15 is 0 Å². The lowest BCUT2D eigenvalue weighted by atomic mass is 10.2. The molecule has 0 spiro atoms. The highest BCUT2D eigenvalue weighted by Crippen LogP contribution is 2.39. The van der Waals surface area contributed by atoms with Gasteiger partial charge < -0.3 is 4.52 Å². The lowest BCUT2D eigenvalue weighted by Gasteiger charge is -2.10. The van der Waals surface area contributed by atoms with Crippen molar-refractivity contribution in [3.63, 3.8) is 0 Å². The molecule has 126 valence electrons. The Balaban J connectivity index is 2.11. The second kappa shape index (κ2) is 6.07. The first-order valence-corrected chi connectivity index (χ1v) is 9.71. The summed E-state index contributed by atoms with van der Waals surface area (Å²) in [5.74, 6) is 0.471. The van der Waals surface area contributed by atoms with Gasteiger partial charge in [0.2, 0.25) is 0 Å². The van der Waals surface area contributed by atoms with Crippen LogP contribution in [0.15, 0.2) is 39.8 Å². The van der Waals surface area contributed by atoms with Gasteiger partial charge in [0.15, 0.2) is 5.76 Å². The van der Waals surface area contributed by atoms with Crippen LogP contribution in [0, 0.1) is 27.7 Å². The summed E-state index contributed by atoms with van der Waals surface area (Å²) >= 11 is 1.43. The predicted molar refractivity (Wildman–Crippen MR) is 96.0 cm³/mol. The molecule has 5 nitrogen and oxygen atoms in total. The van der Waals surface area contributed by atoms with E-state index in [1.807, 2.05) is 26.0 Å². The van der Waals surface area contributed by atoms with Gasteiger partial charge in [0.05, 0.1) is 11.3 Å². The van der Waals surface area contributed by atoms with Crippen molar-refractivity contribution in [1.82, 2.24) is 5.16 Å². The largest absolute Gasteiger partial charge is 0.356 e. The Hall–Kier alpha value is -2.12. The van der Waals surface area contributed by atoms with Crippen molar-refractivity contribution in [3.05, 3.63) is 51.3 Å². The van der Waals surface area contributed by atoms with Crippen molar-refractivity contribution < 1.29 is 12.9 Å². The molecule has 1 aromatic carbocycles. The smallest absolute Gasteiger partial charge is 0.263 e. The second-order valence-corrected chi connectivity index (χ2v) is 8.77. The Kier molecular flexibility index (Phi) is 4.23. The number of benzene rings is 1. The first-order valence-electron chi connectivity index (χ1n) is 7.41. The molecule has 0 bridgehead atoms. The number of hydrogen-bond acceptors (Lipinski definition) is 5. The van der Waals surface area contributed by atoms with Crippen LogP contribution in [0.3, 0.4) is 0 Å². The quantitative estimate of drug-likeness (QED) is 0.745. The van der Waals surface area contributed by atoms with E-state index in [4.69, 9.17) is 4.52 Å². The lowest BCUT2D eigenvalue weighted by molar-refractivity contribution is 0.426. The van der Waals surface area contributed by atoms with Crippen LogP contribution in [0.1, 0.15) is 21.0 Å². The molecule has 24 heavy (non-hydrogen) atoms. The molecule has 0 aliphatic rings. The fraction of sp³-hybridized carbons (Fsp3) is 0.235. The van der Waals surface area contributed by atoms with Crippen LogP contribution < -0.4 is 4.72 Å². The molecule has 3 aromatic rings. The van der Waals surface area contributed by atoms with E-state index in [1.54, 1.807) is 32.0 Å². The topological polar surface area (TPSA) is 72.2 Å². The van der Waals surface area contributed by atoms with Gasteiger partial charge >= 0.3 is 0 Å². The summed E-state index contributed by atoms with van der Waals surface area (Å²) in [6.07, 6.45) is 0. The van der Waals surface area contributed by atoms with Gasteiger partial charge in [0.1, 0.15) is 4.90 Å². The molecule has 0 unspecified atom stereocenters. The molecule has 0 saturated carbocycles. The molecule has 0 aliphatic carbocycles. The lowest BCUT2D eigenvalue weighted by Crippen LogP contribution is -2.14. The second-order valence-electron chi connectivity index (χ2n) is 5.73. The summed E-state index contributed by atoms with van der Waals surface area (Å²) in [6, 6.07) is 9.02. The molecule has 7 heteroatoms. The maximum absolute atomic E-state index is 13.0. The Morgan fingerprint density at radius 3 is 2.46 bits per heavy atom. The number of aryl methyl sites for hydroxylation is 4. The SMILES string of the molecule is Cc1cccc(NS(=O)(=O)c2c(C)sc(C)c2-c2cc(C)no2)c1. The van der Waals surface area contributed by atoms with E-state index in [1.165, 1.54) is 11.3 Å². The third kappa shape index (κ3) is 3.09. The van der Waals surface area contributed by atoms with Gasteiger partial charge in [-0.3, -0.25) is 4.72 Å². The normalized spacial score (nSPS) is 11.7. The first-order chi connectivity index (χ1) is 11.3. The number of rotatable bonds is 4. The Labute approximate surface area is 145 Å². The fourth-order valence-corrected chi connectivity index (χ4v) is 5.59. The van der Waals surface area contributed by atoms with Crippen molar-refractivity contribution >= 4 is 27.0 Å². The Bertz CT molecular complexity index is 1000. The summed E-state index contributed by atoms with van der Waals surface area (Å²) in [7, 11) is -3.74. The molecule has 1 N–H and O–H groups in total. The molecule has 0 amide bonds. The monoisotopic (exact) mass is 362 g/mol. The molecule has 0 radical (unpaired) electrons. The Morgan fingerprint density at radius 1 is 1.08 bits per heavy atom. The van der Waals surface area contributed by atoms with Crippen molar-refractivity contribution in [3.8, 4) is 11.3 Å². The molecule has 2 aromatic heterocycles. The van der Waals surface area contributed by atoms with Crippen LogP contribution in [0.4, 0.5) is 5.69 Å². The van der Waals surface area contributed by atoms with Crippen molar-refractivity contribution in [2.75, 3.05) is 4.72 Å². The van der Waals surface area contributed by atoms with E-state index in [-0.39, 0.29) is 4.90 Å². The van der Waals surface area contributed by atoms with Crippen LogP contribution in [0.2, 0.25) is 0 Å². The molecule has 0 fully saturated rings. The number of anilines is 1. The highest BCUT2D eigenvalue weighted by atomic mass is 32.2. The van der Waals surface area contributed by atoms with Gasteiger partial charge in [-0.25, -0.2) is 8.42 Å². The van der Waals surface area contributed by atoms with E-state index in [9.17, 15) is 8.42 Å². The van der Waals surface area contributed by atoms with Crippen LogP contribution in [-0.2, 0) is 10.0 Å². The molecule has 0 aliphatic heterocycles.